The maximum absolute atomic E-state index is 12.0. The number of ether oxygens (including phenoxy) is 1. The van der Waals surface area contributed by atoms with Crippen LogP contribution in [0.1, 0.15) is 11.1 Å². The molecule has 0 unspecified atom stereocenters. The summed E-state index contributed by atoms with van der Waals surface area (Å²) in [5.41, 5.74) is 3.56. The molecule has 1 N–H and O–H groups in total. The first-order valence-corrected chi connectivity index (χ1v) is 6.75. The van der Waals surface area contributed by atoms with Crippen LogP contribution in [0.2, 0.25) is 0 Å². The highest BCUT2D eigenvalue weighted by Crippen LogP contribution is 2.34. The van der Waals surface area contributed by atoms with Crippen molar-refractivity contribution in [1.82, 2.24) is 10.2 Å². The molecule has 0 saturated carbocycles. The molecule has 0 saturated heterocycles. The molecule has 1 heterocycles. The highest BCUT2D eigenvalue weighted by molar-refractivity contribution is 5.97. The Morgan fingerprint density at radius 1 is 1.14 bits per heavy atom. The minimum atomic E-state index is -0.177. The van der Waals surface area contributed by atoms with E-state index in [0.717, 1.165) is 33.5 Å². The van der Waals surface area contributed by atoms with E-state index in [2.05, 4.69) is 10.2 Å². The van der Waals surface area contributed by atoms with Gasteiger partial charge in [0.05, 0.1) is 12.5 Å². The van der Waals surface area contributed by atoms with Gasteiger partial charge in [-0.15, -0.1) is 0 Å². The molecule has 3 rings (SSSR count). The van der Waals surface area contributed by atoms with E-state index in [1.165, 1.54) is 0 Å². The summed E-state index contributed by atoms with van der Waals surface area (Å²) in [6.45, 7) is 3.99. The molecule has 3 aromatic rings. The van der Waals surface area contributed by atoms with E-state index in [-0.39, 0.29) is 5.56 Å². The van der Waals surface area contributed by atoms with Gasteiger partial charge >= 0.3 is 0 Å². The molecule has 0 aliphatic rings. The van der Waals surface area contributed by atoms with Crippen molar-refractivity contribution in [3.63, 3.8) is 0 Å². The molecular weight excluding hydrogens is 264 g/mol. The van der Waals surface area contributed by atoms with Gasteiger partial charge in [-0.05, 0) is 43.2 Å². The highest BCUT2D eigenvalue weighted by Gasteiger charge is 2.14. The summed E-state index contributed by atoms with van der Waals surface area (Å²) in [6.07, 6.45) is 0. The molecule has 1 aromatic heterocycles. The topological polar surface area (TPSA) is 55.0 Å². The molecule has 0 amide bonds. The summed E-state index contributed by atoms with van der Waals surface area (Å²) in [7, 11) is 1.64. The number of aryl methyl sites for hydroxylation is 2. The van der Waals surface area contributed by atoms with Gasteiger partial charge in [-0.3, -0.25) is 4.79 Å². The average Bonchev–Trinajstić information content (AvgIpc) is 2.49. The monoisotopic (exact) mass is 280 g/mol. The number of hydrogen-bond donors (Lipinski definition) is 1. The van der Waals surface area contributed by atoms with Crippen LogP contribution in [0.15, 0.2) is 41.2 Å². The number of aromatic amines is 1. The van der Waals surface area contributed by atoms with Crippen molar-refractivity contribution in [2.24, 2.45) is 0 Å². The summed E-state index contributed by atoms with van der Waals surface area (Å²) < 4.78 is 5.47. The van der Waals surface area contributed by atoms with Crippen molar-refractivity contribution < 1.29 is 4.74 Å². The Morgan fingerprint density at radius 2 is 1.95 bits per heavy atom. The van der Waals surface area contributed by atoms with Gasteiger partial charge in [0.25, 0.3) is 5.56 Å². The zero-order valence-corrected chi connectivity index (χ0v) is 12.2. The van der Waals surface area contributed by atoms with Crippen LogP contribution < -0.4 is 10.3 Å². The normalized spacial score (nSPS) is 10.8. The fourth-order valence-electron chi connectivity index (χ4n) is 2.58. The van der Waals surface area contributed by atoms with Gasteiger partial charge in [-0.1, -0.05) is 18.2 Å². The molecule has 0 fully saturated rings. The van der Waals surface area contributed by atoms with Crippen molar-refractivity contribution >= 4 is 10.8 Å². The second-order valence-corrected chi connectivity index (χ2v) is 5.10. The second kappa shape index (κ2) is 5.05. The number of nitrogens with zero attached hydrogens (tertiary/aromatic N) is 1. The van der Waals surface area contributed by atoms with E-state index in [1.807, 2.05) is 50.2 Å². The Hall–Kier alpha value is -2.62. The number of rotatable bonds is 2. The fourth-order valence-corrected chi connectivity index (χ4v) is 2.58. The van der Waals surface area contributed by atoms with Crippen LogP contribution in [0.4, 0.5) is 0 Å². The Morgan fingerprint density at radius 3 is 2.71 bits per heavy atom. The van der Waals surface area contributed by atoms with Crippen molar-refractivity contribution in [2.45, 2.75) is 13.8 Å². The van der Waals surface area contributed by atoms with E-state index in [4.69, 9.17) is 4.74 Å². The van der Waals surface area contributed by atoms with Crippen LogP contribution in [0.5, 0.6) is 5.75 Å². The number of aromatic nitrogens is 2. The van der Waals surface area contributed by atoms with Crippen LogP contribution in [-0.2, 0) is 0 Å². The summed E-state index contributed by atoms with van der Waals surface area (Å²) >= 11 is 0. The van der Waals surface area contributed by atoms with Gasteiger partial charge < -0.3 is 4.74 Å². The average molecular weight is 280 g/mol. The van der Waals surface area contributed by atoms with Crippen LogP contribution in [0.3, 0.4) is 0 Å². The lowest BCUT2D eigenvalue weighted by atomic mass is 9.99. The maximum Gasteiger partial charge on any atom is 0.272 e. The number of hydrogen-bond acceptors (Lipinski definition) is 3. The SMILES string of the molecule is COc1cc(C)ccc1-c1n[nH]c(=O)c2cccc(C)c12. The van der Waals surface area contributed by atoms with Gasteiger partial charge in [0.15, 0.2) is 0 Å². The number of fused-ring (bicyclic) bond motifs is 1. The highest BCUT2D eigenvalue weighted by atomic mass is 16.5. The lowest BCUT2D eigenvalue weighted by Gasteiger charge is -2.12. The third-order valence-corrected chi connectivity index (χ3v) is 3.64. The van der Waals surface area contributed by atoms with Crippen LogP contribution >= 0.6 is 0 Å². The number of methoxy groups -OCH3 is 1. The summed E-state index contributed by atoms with van der Waals surface area (Å²) in [6, 6.07) is 11.6. The lowest BCUT2D eigenvalue weighted by molar-refractivity contribution is 0.416. The number of H-pyrrole nitrogens is 1. The van der Waals surface area contributed by atoms with Gasteiger partial charge in [0.2, 0.25) is 0 Å². The van der Waals surface area contributed by atoms with E-state index in [9.17, 15) is 4.79 Å². The molecule has 0 aliphatic carbocycles. The number of nitrogens with one attached hydrogen (secondary N) is 1. The van der Waals surface area contributed by atoms with Gasteiger partial charge in [0, 0.05) is 10.9 Å². The van der Waals surface area contributed by atoms with Gasteiger partial charge in [-0.25, -0.2) is 5.10 Å². The van der Waals surface area contributed by atoms with Gasteiger partial charge in [-0.2, -0.15) is 5.10 Å². The molecule has 4 nitrogen and oxygen atoms in total. The zero-order chi connectivity index (χ0) is 15.0. The molecule has 0 atom stereocenters. The summed E-state index contributed by atoms with van der Waals surface area (Å²) in [4.78, 5) is 12.0. The van der Waals surface area contributed by atoms with Crippen LogP contribution in [-0.4, -0.2) is 17.3 Å². The molecule has 0 bridgehead atoms. The van der Waals surface area contributed by atoms with Crippen molar-refractivity contribution in [2.75, 3.05) is 7.11 Å². The summed E-state index contributed by atoms with van der Waals surface area (Å²) in [5, 5.41) is 8.34. The summed E-state index contributed by atoms with van der Waals surface area (Å²) in [5.74, 6) is 0.749. The Kier molecular flexibility index (Phi) is 3.22. The number of benzene rings is 2. The first kappa shape index (κ1) is 13.4. The van der Waals surface area contributed by atoms with Crippen LogP contribution in [0.25, 0.3) is 22.0 Å². The molecule has 2 aromatic carbocycles. The Bertz CT molecular complexity index is 882. The van der Waals surface area contributed by atoms with Crippen molar-refractivity contribution in [3.8, 4) is 17.0 Å². The smallest absolute Gasteiger partial charge is 0.272 e. The van der Waals surface area contributed by atoms with E-state index in [1.54, 1.807) is 7.11 Å². The zero-order valence-electron chi connectivity index (χ0n) is 12.2. The maximum atomic E-state index is 12.0. The molecule has 4 heteroatoms. The third kappa shape index (κ3) is 2.18. The van der Waals surface area contributed by atoms with E-state index < -0.39 is 0 Å². The predicted octanol–water partition coefficient (Wildman–Crippen LogP) is 3.22. The molecule has 0 aliphatic heterocycles. The Labute approximate surface area is 122 Å². The van der Waals surface area contributed by atoms with Gasteiger partial charge in [0.1, 0.15) is 11.4 Å². The lowest BCUT2D eigenvalue weighted by Crippen LogP contribution is -2.10. The van der Waals surface area contributed by atoms with Crippen molar-refractivity contribution in [3.05, 3.63) is 57.9 Å². The fraction of sp³-hybridized carbons (Fsp3) is 0.176. The molecule has 0 spiro atoms. The minimum absolute atomic E-state index is 0.177. The molecule has 0 radical (unpaired) electrons. The minimum Gasteiger partial charge on any atom is -0.496 e. The molecular formula is C17H16N2O2. The third-order valence-electron chi connectivity index (χ3n) is 3.64. The first-order chi connectivity index (χ1) is 10.1. The quantitative estimate of drug-likeness (QED) is 0.784. The second-order valence-electron chi connectivity index (χ2n) is 5.10. The predicted molar refractivity (Wildman–Crippen MR) is 83.8 cm³/mol. The molecule has 21 heavy (non-hydrogen) atoms. The standard InChI is InChI=1S/C17H16N2O2/c1-10-7-8-12(14(9-10)21-3)16-15-11(2)5-4-6-13(15)17(20)19-18-16/h4-9H,1-3H3,(H,19,20). The Balaban J connectivity index is 2.42. The van der Waals surface area contributed by atoms with E-state index >= 15 is 0 Å². The largest absolute Gasteiger partial charge is 0.496 e. The van der Waals surface area contributed by atoms with E-state index in [0.29, 0.717) is 5.39 Å². The molecule has 106 valence electrons. The first-order valence-electron chi connectivity index (χ1n) is 6.75. The van der Waals surface area contributed by atoms with Crippen molar-refractivity contribution in [1.29, 1.82) is 0 Å². The van der Waals surface area contributed by atoms with Crippen LogP contribution in [0, 0.1) is 13.8 Å².